The van der Waals surface area contributed by atoms with Crippen LogP contribution in [0.1, 0.15) is 48.8 Å². The maximum atomic E-state index is 13.2. The normalized spacial score (nSPS) is 11.4. The largest absolute Gasteiger partial charge is 0.481 e. The van der Waals surface area contributed by atoms with Gasteiger partial charge in [-0.05, 0) is 39.8 Å². The fraction of sp³-hybridized carbons (Fsp3) is 0.348. The van der Waals surface area contributed by atoms with Gasteiger partial charge in [-0.2, -0.15) is 4.98 Å². The molecule has 0 atom stereocenters. The van der Waals surface area contributed by atoms with Gasteiger partial charge in [0.1, 0.15) is 5.69 Å². The van der Waals surface area contributed by atoms with E-state index in [1.165, 1.54) is 14.2 Å². The average Bonchev–Trinajstić information content (AvgIpc) is 3.39. The van der Waals surface area contributed by atoms with Crippen molar-refractivity contribution < 1.29 is 19.1 Å². The molecule has 0 aromatic carbocycles. The number of ether oxygens (including phenoxy) is 2. The summed E-state index contributed by atoms with van der Waals surface area (Å²) in [6.45, 7) is 7.49. The molecule has 0 saturated carbocycles. The van der Waals surface area contributed by atoms with Crippen LogP contribution in [0, 0.1) is 0 Å². The van der Waals surface area contributed by atoms with Gasteiger partial charge in [-0.3, -0.25) is 14.2 Å². The highest BCUT2D eigenvalue weighted by Gasteiger charge is 2.25. The zero-order valence-corrected chi connectivity index (χ0v) is 19.9. The summed E-state index contributed by atoms with van der Waals surface area (Å²) in [7, 11) is 2.99. The number of hydrogen-bond donors (Lipinski definition) is 3. The first-order valence-electron chi connectivity index (χ1n) is 10.8. The van der Waals surface area contributed by atoms with Crippen LogP contribution >= 0.6 is 0 Å². The first-order chi connectivity index (χ1) is 16.2. The summed E-state index contributed by atoms with van der Waals surface area (Å²) in [5, 5.41) is 6.36. The second-order valence-electron chi connectivity index (χ2n) is 8.35. The van der Waals surface area contributed by atoms with Crippen molar-refractivity contribution in [3.8, 4) is 17.6 Å². The fourth-order valence-electron chi connectivity index (χ4n) is 3.65. The Bertz CT molecular complexity index is 1390. The number of pyridine rings is 2. The van der Waals surface area contributed by atoms with Crippen LogP contribution in [0.3, 0.4) is 0 Å². The third-order valence-corrected chi connectivity index (χ3v) is 5.01. The van der Waals surface area contributed by atoms with Crippen LogP contribution in [0.2, 0.25) is 0 Å². The number of nitrogens with zero attached hydrogens (tertiary/aromatic N) is 4. The molecule has 0 radical (unpaired) electrons. The van der Waals surface area contributed by atoms with E-state index in [9.17, 15) is 9.59 Å². The number of amides is 2. The Morgan fingerprint density at radius 1 is 1.00 bits per heavy atom. The molecule has 34 heavy (non-hydrogen) atoms. The first kappa shape index (κ1) is 23.0. The van der Waals surface area contributed by atoms with Crippen molar-refractivity contribution in [2.45, 2.75) is 39.8 Å². The van der Waals surface area contributed by atoms with Gasteiger partial charge in [0, 0.05) is 29.7 Å². The predicted molar refractivity (Wildman–Crippen MR) is 127 cm³/mol. The predicted octanol–water partition coefficient (Wildman–Crippen LogP) is 2.59. The van der Waals surface area contributed by atoms with Crippen LogP contribution in [-0.2, 0) is 0 Å². The number of methoxy groups -OCH3 is 2. The molecule has 0 spiro atoms. The molecule has 0 unspecified atom stereocenters. The number of imidazole rings is 1. The molecule has 4 aromatic rings. The Labute approximate surface area is 195 Å². The summed E-state index contributed by atoms with van der Waals surface area (Å²) >= 11 is 0. The molecule has 0 aliphatic heterocycles. The quantitative estimate of drug-likeness (QED) is 0.382. The van der Waals surface area contributed by atoms with E-state index >= 15 is 0 Å². The number of aromatic nitrogens is 5. The molecule has 0 aliphatic rings. The SMILES string of the molecule is COc1cc2[nH]c(C(=O)NC(C)C)cc2c(-n2c(C(=O)NC(C)C)nc3c(OC)nccc32)n1. The molecular weight excluding hydrogens is 438 g/mol. The highest BCUT2D eigenvalue weighted by atomic mass is 16.5. The van der Waals surface area contributed by atoms with Crippen LogP contribution in [0.25, 0.3) is 27.8 Å². The first-order valence-corrected chi connectivity index (χ1v) is 10.8. The van der Waals surface area contributed by atoms with Gasteiger partial charge in [-0.25, -0.2) is 9.97 Å². The van der Waals surface area contributed by atoms with Crippen molar-refractivity contribution in [1.82, 2.24) is 35.1 Å². The monoisotopic (exact) mass is 465 g/mol. The van der Waals surface area contributed by atoms with E-state index in [0.717, 1.165) is 0 Å². The van der Waals surface area contributed by atoms with Crippen LogP contribution < -0.4 is 20.1 Å². The molecule has 4 heterocycles. The van der Waals surface area contributed by atoms with Gasteiger partial charge in [0.15, 0.2) is 11.3 Å². The summed E-state index contributed by atoms with van der Waals surface area (Å²) in [4.78, 5) is 42.3. The minimum absolute atomic E-state index is 0.0325. The maximum Gasteiger partial charge on any atom is 0.287 e. The summed E-state index contributed by atoms with van der Waals surface area (Å²) in [6.07, 6.45) is 1.57. The van der Waals surface area contributed by atoms with Crippen LogP contribution in [0.4, 0.5) is 0 Å². The lowest BCUT2D eigenvalue weighted by atomic mass is 10.2. The maximum absolute atomic E-state index is 13.2. The number of H-pyrrole nitrogens is 1. The van der Waals surface area contributed by atoms with Crippen molar-refractivity contribution in [3.05, 3.63) is 35.9 Å². The molecule has 0 bridgehead atoms. The summed E-state index contributed by atoms with van der Waals surface area (Å²) in [5.41, 5.74) is 1.95. The lowest BCUT2D eigenvalue weighted by Crippen LogP contribution is -2.32. The average molecular weight is 466 g/mol. The van der Waals surface area contributed by atoms with E-state index in [-0.39, 0.29) is 35.6 Å². The van der Waals surface area contributed by atoms with E-state index in [2.05, 4.69) is 30.6 Å². The Kier molecular flexibility index (Phi) is 6.10. The Morgan fingerprint density at radius 3 is 2.35 bits per heavy atom. The second kappa shape index (κ2) is 9.00. The molecule has 0 saturated heterocycles. The van der Waals surface area contributed by atoms with Gasteiger partial charge in [-0.15, -0.1) is 0 Å². The van der Waals surface area contributed by atoms with Crippen molar-refractivity contribution in [2.24, 2.45) is 0 Å². The molecule has 11 heteroatoms. The van der Waals surface area contributed by atoms with E-state index in [4.69, 9.17) is 9.47 Å². The van der Waals surface area contributed by atoms with Crippen molar-refractivity contribution in [3.63, 3.8) is 0 Å². The number of carbonyl (C=O) groups is 2. The molecule has 178 valence electrons. The van der Waals surface area contributed by atoms with Crippen molar-refractivity contribution >= 4 is 33.8 Å². The number of hydrogen-bond acceptors (Lipinski definition) is 7. The van der Waals surface area contributed by atoms with Gasteiger partial charge in [0.2, 0.25) is 17.6 Å². The van der Waals surface area contributed by atoms with Gasteiger partial charge in [0.05, 0.1) is 25.3 Å². The molecule has 2 amide bonds. The third-order valence-electron chi connectivity index (χ3n) is 5.01. The molecule has 4 rings (SSSR count). The molecule has 11 nitrogen and oxygen atoms in total. The number of fused-ring (bicyclic) bond motifs is 2. The van der Waals surface area contributed by atoms with E-state index in [0.29, 0.717) is 39.3 Å². The molecule has 0 fully saturated rings. The zero-order valence-electron chi connectivity index (χ0n) is 19.9. The second-order valence-corrected chi connectivity index (χ2v) is 8.35. The molecule has 0 aliphatic carbocycles. The molecule has 3 N–H and O–H groups in total. The van der Waals surface area contributed by atoms with Gasteiger partial charge >= 0.3 is 0 Å². The number of nitrogens with one attached hydrogen (secondary N) is 3. The van der Waals surface area contributed by atoms with Crippen LogP contribution in [-0.4, -0.2) is 62.6 Å². The van der Waals surface area contributed by atoms with Gasteiger partial charge < -0.3 is 25.1 Å². The van der Waals surface area contributed by atoms with Crippen molar-refractivity contribution in [2.75, 3.05) is 14.2 Å². The fourth-order valence-corrected chi connectivity index (χ4v) is 3.65. The number of aromatic amines is 1. The summed E-state index contributed by atoms with van der Waals surface area (Å²) < 4.78 is 12.4. The standard InChI is InChI=1S/C23H27N7O4/c1-11(2)25-21(31)15-9-13-14(27-15)10-17(33-5)28-19(13)30-16-7-8-24-23(34-6)18(16)29-20(30)22(32)26-12(3)4/h7-12,27H,1-6H3,(H,25,31)(H,26,32). The number of carbonyl (C=O) groups excluding carboxylic acids is 2. The van der Waals surface area contributed by atoms with Gasteiger partial charge in [0.25, 0.3) is 11.8 Å². The number of rotatable bonds is 7. The van der Waals surface area contributed by atoms with Gasteiger partial charge in [-0.1, -0.05) is 0 Å². The minimum Gasteiger partial charge on any atom is -0.481 e. The lowest BCUT2D eigenvalue weighted by molar-refractivity contribution is 0.0925. The van der Waals surface area contributed by atoms with E-state index in [1.54, 1.807) is 29.0 Å². The third kappa shape index (κ3) is 4.12. The van der Waals surface area contributed by atoms with Crippen molar-refractivity contribution in [1.29, 1.82) is 0 Å². The van der Waals surface area contributed by atoms with Crippen LogP contribution in [0.5, 0.6) is 11.8 Å². The highest BCUT2D eigenvalue weighted by Crippen LogP contribution is 2.32. The molecule has 4 aromatic heterocycles. The topological polar surface area (TPSA) is 136 Å². The van der Waals surface area contributed by atoms with E-state index in [1.807, 2.05) is 27.7 Å². The summed E-state index contributed by atoms with van der Waals surface area (Å²) in [6, 6.07) is 4.97. The smallest absolute Gasteiger partial charge is 0.287 e. The highest BCUT2D eigenvalue weighted by molar-refractivity contribution is 6.02. The zero-order chi connectivity index (χ0) is 24.6. The van der Waals surface area contributed by atoms with E-state index < -0.39 is 0 Å². The molecular formula is C23H27N7O4. The summed E-state index contributed by atoms with van der Waals surface area (Å²) in [5.74, 6) is 0.415. The Hall–Kier alpha value is -4.15. The Morgan fingerprint density at radius 2 is 1.71 bits per heavy atom. The Balaban J connectivity index is 2.03. The lowest BCUT2D eigenvalue weighted by Gasteiger charge is -2.12. The van der Waals surface area contributed by atoms with Crippen LogP contribution in [0.15, 0.2) is 24.4 Å². The minimum atomic E-state index is -0.390.